The van der Waals surface area contributed by atoms with E-state index in [1.807, 2.05) is 0 Å². The van der Waals surface area contributed by atoms with Gasteiger partial charge in [-0.2, -0.15) is 0 Å². The fourth-order valence-corrected chi connectivity index (χ4v) is 7.26. The van der Waals surface area contributed by atoms with Crippen LogP contribution in [0.25, 0.3) is 0 Å². The molecule has 0 aromatic heterocycles. The highest BCUT2D eigenvalue weighted by atomic mass is 14.8. The molecular formula is C19H33N. The maximum Gasteiger partial charge on any atom is 0.0127 e. The maximum absolute atomic E-state index is 7.01. The third kappa shape index (κ3) is 2.07. The summed E-state index contributed by atoms with van der Waals surface area (Å²) in [6.45, 7) is 2.40. The van der Waals surface area contributed by atoms with Gasteiger partial charge in [-0.1, -0.05) is 32.6 Å². The van der Waals surface area contributed by atoms with Crippen LogP contribution in [-0.2, 0) is 0 Å². The van der Waals surface area contributed by atoms with E-state index in [0.717, 1.165) is 29.6 Å². The number of hydrogen-bond acceptors (Lipinski definition) is 1. The van der Waals surface area contributed by atoms with Crippen LogP contribution in [0.5, 0.6) is 0 Å². The molecule has 20 heavy (non-hydrogen) atoms. The summed E-state index contributed by atoms with van der Waals surface area (Å²) in [6, 6.07) is 0.529. The zero-order valence-corrected chi connectivity index (χ0v) is 13.3. The largest absolute Gasteiger partial charge is 0.327 e. The van der Waals surface area contributed by atoms with Crippen molar-refractivity contribution in [1.82, 2.24) is 0 Å². The van der Waals surface area contributed by atoms with E-state index in [9.17, 15) is 0 Å². The topological polar surface area (TPSA) is 26.0 Å². The van der Waals surface area contributed by atoms with Crippen LogP contribution in [0.2, 0.25) is 0 Å². The van der Waals surface area contributed by atoms with Crippen LogP contribution in [0.1, 0.15) is 77.6 Å². The minimum Gasteiger partial charge on any atom is -0.327 e. The lowest BCUT2D eigenvalue weighted by Crippen LogP contribution is -2.58. The van der Waals surface area contributed by atoms with Crippen molar-refractivity contribution in [2.75, 3.05) is 0 Å². The van der Waals surface area contributed by atoms with Gasteiger partial charge in [0.05, 0.1) is 0 Å². The van der Waals surface area contributed by atoms with E-state index in [1.165, 1.54) is 51.4 Å². The first kappa shape index (κ1) is 13.6. The highest BCUT2D eigenvalue weighted by Gasteiger charge is 2.55. The summed E-state index contributed by atoms with van der Waals surface area (Å²) in [7, 11) is 0. The quantitative estimate of drug-likeness (QED) is 0.790. The molecule has 0 saturated heterocycles. The van der Waals surface area contributed by atoms with Crippen molar-refractivity contribution < 1.29 is 0 Å². The first-order chi connectivity index (χ1) is 9.70. The maximum atomic E-state index is 7.01. The van der Waals surface area contributed by atoms with Gasteiger partial charge in [-0.25, -0.2) is 0 Å². The van der Waals surface area contributed by atoms with Gasteiger partial charge in [0, 0.05) is 6.04 Å². The predicted molar refractivity (Wildman–Crippen MR) is 84.3 cm³/mol. The highest BCUT2D eigenvalue weighted by Crippen LogP contribution is 2.62. The van der Waals surface area contributed by atoms with Gasteiger partial charge in [0.2, 0.25) is 0 Å². The molecule has 5 fully saturated rings. The molecule has 5 aliphatic carbocycles. The van der Waals surface area contributed by atoms with Gasteiger partial charge >= 0.3 is 0 Å². The van der Waals surface area contributed by atoms with Crippen LogP contribution in [-0.4, -0.2) is 6.04 Å². The Bertz CT molecular complexity index is 325. The predicted octanol–water partition coefficient (Wildman–Crippen LogP) is 4.75. The van der Waals surface area contributed by atoms with Gasteiger partial charge in [-0.3, -0.25) is 0 Å². The first-order valence-electron chi connectivity index (χ1n) is 9.46. The van der Waals surface area contributed by atoms with E-state index in [1.54, 1.807) is 19.3 Å². The third-order valence-electron chi connectivity index (χ3n) is 7.75. The number of nitrogens with two attached hydrogens (primary N) is 1. The Labute approximate surface area is 125 Å². The molecule has 1 heteroatoms. The fraction of sp³-hybridized carbons (Fsp3) is 1.00. The second-order valence-corrected chi connectivity index (χ2v) is 8.92. The molecule has 0 aromatic rings. The van der Waals surface area contributed by atoms with Crippen molar-refractivity contribution in [1.29, 1.82) is 0 Å². The standard InChI is InChI=1S/C19H33N/c1-2-16-5-3-4-6-17(16)18(20)19-10-13-7-14(11-19)9-15(8-13)12-19/h13-18H,2-12,20H2,1H3. The summed E-state index contributed by atoms with van der Waals surface area (Å²) in [4.78, 5) is 0. The van der Waals surface area contributed by atoms with Crippen molar-refractivity contribution in [2.24, 2.45) is 40.7 Å². The van der Waals surface area contributed by atoms with E-state index in [-0.39, 0.29) is 0 Å². The van der Waals surface area contributed by atoms with Crippen molar-refractivity contribution in [3.8, 4) is 0 Å². The van der Waals surface area contributed by atoms with E-state index in [0.29, 0.717) is 11.5 Å². The molecule has 0 aliphatic heterocycles. The molecule has 5 aliphatic rings. The van der Waals surface area contributed by atoms with Gasteiger partial charge in [0.1, 0.15) is 0 Å². The van der Waals surface area contributed by atoms with Gasteiger partial charge < -0.3 is 5.73 Å². The van der Waals surface area contributed by atoms with Crippen LogP contribution < -0.4 is 5.73 Å². The molecule has 0 amide bonds. The van der Waals surface area contributed by atoms with Gasteiger partial charge in [0.25, 0.3) is 0 Å². The lowest BCUT2D eigenvalue weighted by molar-refractivity contribution is -0.0850. The van der Waals surface area contributed by atoms with Crippen molar-refractivity contribution >= 4 is 0 Å². The summed E-state index contributed by atoms with van der Waals surface area (Å²) in [5, 5.41) is 0. The molecular weight excluding hydrogens is 242 g/mol. The van der Waals surface area contributed by atoms with Crippen molar-refractivity contribution in [2.45, 2.75) is 83.6 Å². The van der Waals surface area contributed by atoms with Gasteiger partial charge in [-0.15, -0.1) is 0 Å². The van der Waals surface area contributed by atoms with Crippen LogP contribution in [0.3, 0.4) is 0 Å². The Hall–Kier alpha value is -0.0400. The van der Waals surface area contributed by atoms with Crippen molar-refractivity contribution in [3.05, 3.63) is 0 Å². The Morgan fingerprint density at radius 1 is 0.950 bits per heavy atom. The minimum atomic E-state index is 0.529. The normalized spacial score (nSPS) is 52.2. The van der Waals surface area contributed by atoms with E-state index >= 15 is 0 Å². The fourth-order valence-electron chi connectivity index (χ4n) is 7.26. The van der Waals surface area contributed by atoms with Crippen molar-refractivity contribution in [3.63, 3.8) is 0 Å². The smallest absolute Gasteiger partial charge is 0.0127 e. The molecule has 1 nitrogen and oxygen atoms in total. The van der Waals surface area contributed by atoms with E-state index < -0.39 is 0 Å². The Morgan fingerprint density at radius 3 is 2.05 bits per heavy atom. The molecule has 114 valence electrons. The molecule has 0 spiro atoms. The van der Waals surface area contributed by atoms with Crippen LogP contribution >= 0.6 is 0 Å². The van der Waals surface area contributed by atoms with E-state index in [4.69, 9.17) is 5.73 Å². The van der Waals surface area contributed by atoms with Crippen LogP contribution in [0.4, 0.5) is 0 Å². The average Bonchev–Trinajstić information content (AvgIpc) is 2.45. The molecule has 5 saturated carbocycles. The Balaban J connectivity index is 1.56. The molecule has 2 N–H and O–H groups in total. The molecule has 3 atom stereocenters. The van der Waals surface area contributed by atoms with Crippen LogP contribution in [0, 0.1) is 35.0 Å². The molecule has 5 rings (SSSR count). The summed E-state index contributed by atoms with van der Waals surface area (Å²) in [5.41, 5.74) is 7.59. The molecule has 0 aromatic carbocycles. The highest BCUT2D eigenvalue weighted by molar-refractivity contribution is 5.07. The average molecular weight is 275 g/mol. The molecule has 4 bridgehead atoms. The summed E-state index contributed by atoms with van der Waals surface area (Å²) >= 11 is 0. The second-order valence-electron chi connectivity index (χ2n) is 8.92. The molecule has 0 radical (unpaired) electrons. The Morgan fingerprint density at radius 2 is 1.50 bits per heavy atom. The Kier molecular flexibility index (Phi) is 3.41. The summed E-state index contributed by atoms with van der Waals surface area (Å²) < 4.78 is 0. The number of hydrogen-bond donors (Lipinski definition) is 1. The van der Waals surface area contributed by atoms with Crippen LogP contribution in [0.15, 0.2) is 0 Å². The van der Waals surface area contributed by atoms with Gasteiger partial charge in [0.15, 0.2) is 0 Å². The lowest BCUT2D eigenvalue weighted by atomic mass is 9.46. The SMILES string of the molecule is CCC1CCCCC1C(N)C12CC3CC(CC(C3)C1)C2. The monoisotopic (exact) mass is 275 g/mol. The molecule has 0 heterocycles. The summed E-state index contributed by atoms with van der Waals surface area (Å²) in [6.07, 6.45) is 16.3. The third-order valence-corrected chi connectivity index (χ3v) is 7.75. The number of rotatable bonds is 3. The zero-order valence-electron chi connectivity index (χ0n) is 13.3. The zero-order chi connectivity index (χ0) is 13.7. The van der Waals surface area contributed by atoms with E-state index in [2.05, 4.69) is 6.92 Å². The second kappa shape index (κ2) is 5.00. The molecule has 3 unspecified atom stereocenters. The summed E-state index contributed by atoms with van der Waals surface area (Å²) in [5.74, 6) is 4.94. The van der Waals surface area contributed by atoms with Gasteiger partial charge in [-0.05, 0) is 80.0 Å². The minimum absolute atomic E-state index is 0.529. The lowest BCUT2D eigenvalue weighted by Gasteiger charge is -2.60. The first-order valence-corrected chi connectivity index (χ1v) is 9.46.